The van der Waals surface area contributed by atoms with Crippen molar-refractivity contribution >= 4 is 17.9 Å². The lowest BCUT2D eigenvalue weighted by Gasteiger charge is -2.18. The van der Waals surface area contributed by atoms with Gasteiger partial charge in [0.25, 0.3) is 0 Å². The first-order valence-electron chi connectivity index (χ1n) is 20.5. The molecule has 1 unspecified atom stereocenters. The highest BCUT2D eigenvalue weighted by molar-refractivity contribution is 5.71. The highest BCUT2D eigenvalue weighted by Gasteiger charge is 2.19. The van der Waals surface area contributed by atoms with Gasteiger partial charge in [-0.3, -0.25) is 14.4 Å². The third-order valence-electron chi connectivity index (χ3n) is 9.11. The molecule has 0 heterocycles. The van der Waals surface area contributed by atoms with Crippen molar-refractivity contribution in [3.8, 4) is 0 Å². The van der Waals surface area contributed by atoms with Gasteiger partial charge in [-0.15, -0.1) is 0 Å². The van der Waals surface area contributed by atoms with E-state index in [2.05, 4.69) is 20.8 Å². The molecule has 0 saturated carbocycles. The Balaban J connectivity index is 4.17. The van der Waals surface area contributed by atoms with E-state index in [9.17, 15) is 14.4 Å². The number of ether oxygens (including phenoxy) is 3. The van der Waals surface area contributed by atoms with Gasteiger partial charge in [0.1, 0.15) is 13.2 Å². The molecular weight excluding hydrogens is 588 g/mol. The second-order valence-electron chi connectivity index (χ2n) is 13.9. The van der Waals surface area contributed by atoms with Crippen LogP contribution in [0.4, 0.5) is 0 Å². The largest absolute Gasteiger partial charge is 0.462 e. The van der Waals surface area contributed by atoms with Gasteiger partial charge in [0.15, 0.2) is 6.10 Å². The lowest BCUT2D eigenvalue weighted by molar-refractivity contribution is -0.167. The van der Waals surface area contributed by atoms with Crippen molar-refractivity contribution in [2.75, 3.05) is 13.2 Å². The summed E-state index contributed by atoms with van der Waals surface area (Å²) in [5.74, 6) is -0.875. The molecular formula is C41H78O6. The summed E-state index contributed by atoms with van der Waals surface area (Å²) >= 11 is 0. The average Bonchev–Trinajstić information content (AvgIpc) is 3.06. The quantitative estimate of drug-likeness (QED) is 0.0373. The highest BCUT2D eigenvalue weighted by atomic mass is 16.6. The van der Waals surface area contributed by atoms with Crippen LogP contribution >= 0.6 is 0 Å². The molecule has 0 aliphatic carbocycles. The zero-order valence-corrected chi connectivity index (χ0v) is 31.6. The first-order valence-corrected chi connectivity index (χ1v) is 20.5. The Kier molecular flexibility index (Phi) is 36.0. The zero-order chi connectivity index (χ0) is 34.5. The Hall–Kier alpha value is -1.59. The van der Waals surface area contributed by atoms with Crippen molar-refractivity contribution in [1.82, 2.24) is 0 Å². The molecule has 0 aliphatic heterocycles. The van der Waals surface area contributed by atoms with Crippen molar-refractivity contribution in [1.29, 1.82) is 0 Å². The van der Waals surface area contributed by atoms with Crippen LogP contribution in [0.25, 0.3) is 0 Å². The van der Waals surface area contributed by atoms with Crippen LogP contribution in [0, 0.1) is 0 Å². The number of carbonyl (C=O) groups excluding carboxylic acids is 3. The van der Waals surface area contributed by atoms with Crippen molar-refractivity contribution in [3.63, 3.8) is 0 Å². The van der Waals surface area contributed by atoms with Gasteiger partial charge in [0, 0.05) is 19.3 Å². The summed E-state index contributed by atoms with van der Waals surface area (Å²) in [6.07, 6.45) is 35.4. The molecule has 0 saturated heterocycles. The van der Waals surface area contributed by atoms with Crippen LogP contribution in [-0.4, -0.2) is 37.2 Å². The summed E-state index contributed by atoms with van der Waals surface area (Å²) < 4.78 is 16.5. The molecule has 0 spiro atoms. The van der Waals surface area contributed by atoms with E-state index in [0.29, 0.717) is 19.3 Å². The number of rotatable bonds is 37. The molecule has 0 aromatic rings. The molecule has 6 heteroatoms. The molecule has 0 aromatic heterocycles. The molecule has 0 radical (unpaired) electrons. The molecule has 278 valence electrons. The van der Waals surface area contributed by atoms with E-state index in [1.807, 2.05) is 0 Å². The predicted octanol–water partition coefficient (Wildman–Crippen LogP) is 12.5. The summed E-state index contributed by atoms with van der Waals surface area (Å²) in [4.78, 5) is 37.2. The number of hydrogen-bond donors (Lipinski definition) is 0. The summed E-state index contributed by atoms with van der Waals surface area (Å²) in [7, 11) is 0. The number of hydrogen-bond acceptors (Lipinski definition) is 6. The zero-order valence-electron chi connectivity index (χ0n) is 31.6. The summed E-state index contributed by atoms with van der Waals surface area (Å²) in [6, 6.07) is 0. The van der Waals surface area contributed by atoms with Crippen molar-refractivity contribution in [2.24, 2.45) is 0 Å². The predicted molar refractivity (Wildman–Crippen MR) is 197 cm³/mol. The molecule has 0 fully saturated rings. The Morgan fingerprint density at radius 1 is 0.340 bits per heavy atom. The van der Waals surface area contributed by atoms with E-state index in [1.165, 1.54) is 122 Å². The van der Waals surface area contributed by atoms with E-state index < -0.39 is 6.10 Å². The second kappa shape index (κ2) is 37.2. The Bertz CT molecular complexity index is 693. The Morgan fingerprint density at radius 3 is 0.851 bits per heavy atom. The van der Waals surface area contributed by atoms with Gasteiger partial charge in [-0.25, -0.2) is 0 Å². The van der Waals surface area contributed by atoms with Crippen molar-refractivity contribution < 1.29 is 28.6 Å². The smallest absolute Gasteiger partial charge is 0.306 e. The third kappa shape index (κ3) is 35.5. The fourth-order valence-electron chi connectivity index (χ4n) is 5.97. The molecule has 0 amide bonds. The van der Waals surface area contributed by atoms with E-state index in [4.69, 9.17) is 14.2 Å². The maximum atomic E-state index is 12.5. The molecule has 6 nitrogen and oxygen atoms in total. The third-order valence-corrected chi connectivity index (χ3v) is 9.11. The van der Waals surface area contributed by atoms with Crippen LogP contribution in [0.3, 0.4) is 0 Å². The maximum absolute atomic E-state index is 12.5. The van der Waals surface area contributed by atoms with Gasteiger partial charge in [-0.2, -0.15) is 0 Å². The molecule has 47 heavy (non-hydrogen) atoms. The van der Waals surface area contributed by atoms with Gasteiger partial charge < -0.3 is 14.2 Å². The van der Waals surface area contributed by atoms with Crippen LogP contribution in [0.1, 0.15) is 226 Å². The summed E-state index contributed by atoms with van der Waals surface area (Å²) in [5.41, 5.74) is 0. The van der Waals surface area contributed by atoms with Gasteiger partial charge in [0.05, 0.1) is 0 Å². The van der Waals surface area contributed by atoms with Gasteiger partial charge in [0.2, 0.25) is 0 Å². The fraction of sp³-hybridized carbons (Fsp3) is 0.927. The molecule has 0 aliphatic rings. The van der Waals surface area contributed by atoms with E-state index in [0.717, 1.165) is 64.2 Å². The minimum Gasteiger partial charge on any atom is -0.462 e. The fourth-order valence-corrected chi connectivity index (χ4v) is 5.97. The second-order valence-corrected chi connectivity index (χ2v) is 13.9. The van der Waals surface area contributed by atoms with Crippen LogP contribution in [0.2, 0.25) is 0 Å². The van der Waals surface area contributed by atoms with Crippen molar-refractivity contribution in [2.45, 2.75) is 232 Å². The molecule has 0 bridgehead atoms. The standard InChI is InChI=1S/C41H78O6/c1-4-7-10-13-15-17-18-19-20-21-22-24-25-28-31-34-40(43)46-37-38(36-45-39(42)33-30-27-12-9-6-3)47-41(44)35-32-29-26-23-16-14-11-8-5-2/h38H,4-37H2,1-3H3. The normalized spacial score (nSPS) is 11.8. The minimum atomic E-state index is -0.755. The van der Waals surface area contributed by atoms with E-state index in [1.54, 1.807) is 0 Å². The van der Waals surface area contributed by atoms with Gasteiger partial charge >= 0.3 is 17.9 Å². The van der Waals surface area contributed by atoms with Crippen LogP contribution in [0.15, 0.2) is 0 Å². The summed E-state index contributed by atoms with van der Waals surface area (Å²) in [5, 5.41) is 0. The van der Waals surface area contributed by atoms with Crippen LogP contribution in [0.5, 0.6) is 0 Å². The van der Waals surface area contributed by atoms with Crippen LogP contribution in [-0.2, 0) is 28.6 Å². The van der Waals surface area contributed by atoms with Crippen molar-refractivity contribution in [3.05, 3.63) is 0 Å². The first kappa shape index (κ1) is 45.4. The molecule has 1 atom stereocenters. The number of esters is 3. The number of carbonyl (C=O) groups is 3. The minimum absolute atomic E-state index is 0.0646. The molecule has 0 rings (SSSR count). The monoisotopic (exact) mass is 667 g/mol. The Labute approximate surface area is 291 Å². The topological polar surface area (TPSA) is 78.9 Å². The SMILES string of the molecule is CCCCCCCCCCCCCCCCCC(=O)OCC(COC(=O)CCCCCCC)OC(=O)CCCCCCCCCCC. The van der Waals surface area contributed by atoms with E-state index in [-0.39, 0.29) is 31.1 Å². The highest BCUT2D eigenvalue weighted by Crippen LogP contribution is 2.15. The Morgan fingerprint density at radius 2 is 0.574 bits per heavy atom. The van der Waals surface area contributed by atoms with Gasteiger partial charge in [-0.1, -0.05) is 188 Å². The lowest BCUT2D eigenvalue weighted by Crippen LogP contribution is -2.30. The number of unbranched alkanes of at least 4 members (excludes halogenated alkanes) is 26. The van der Waals surface area contributed by atoms with E-state index >= 15 is 0 Å². The van der Waals surface area contributed by atoms with Crippen LogP contribution < -0.4 is 0 Å². The average molecular weight is 667 g/mol. The molecule has 0 aromatic carbocycles. The maximum Gasteiger partial charge on any atom is 0.306 e. The summed E-state index contributed by atoms with van der Waals surface area (Å²) in [6.45, 7) is 6.54. The lowest BCUT2D eigenvalue weighted by atomic mass is 10.0. The van der Waals surface area contributed by atoms with Gasteiger partial charge in [-0.05, 0) is 19.3 Å². The molecule has 0 N–H and O–H groups in total. The first-order chi connectivity index (χ1) is 23.0.